The molecular formula is C20H17NO3. The van der Waals surface area contributed by atoms with Crippen LogP contribution < -0.4 is 5.32 Å². The maximum absolute atomic E-state index is 12.6. The number of benzene rings is 2. The minimum atomic E-state index is -0.178. The zero-order valence-corrected chi connectivity index (χ0v) is 13.3. The van der Waals surface area contributed by atoms with Gasteiger partial charge in [0.1, 0.15) is 0 Å². The van der Waals surface area contributed by atoms with Gasteiger partial charge in [-0.3, -0.25) is 14.4 Å². The molecule has 0 radical (unpaired) electrons. The second-order valence-corrected chi connectivity index (χ2v) is 5.63. The molecule has 1 N–H and O–H groups in total. The summed E-state index contributed by atoms with van der Waals surface area (Å²) >= 11 is 0. The number of fused-ring (bicyclic) bond motifs is 2. The van der Waals surface area contributed by atoms with Gasteiger partial charge in [-0.15, -0.1) is 0 Å². The van der Waals surface area contributed by atoms with Gasteiger partial charge in [0.15, 0.2) is 11.6 Å². The van der Waals surface area contributed by atoms with E-state index in [1.165, 1.54) is 6.08 Å². The summed E-state index contributed by atoms with van der Waals surface area (Å²) in [5, 5.41) is 2.75. The lowest BCUT2D eigenvalue weighted by Gasteiger charge is -2.17. The summed E-state index contributed by atoms with van der Waals surface area (Å²) in [6.07, 6.45) is 3.94. The number of hydrogen-bond donors (Lipinski definition) is 1. The first-order valence-electron chi connectivity index (χ1n) is 7.90. The van der Waals surface area contributed by atoms with E-state index in [2.05, 4.69) is 5.32 Å². The predicted molar refractivity (Wildman–Crippen MR) is 92.1 cm³/mol. The minimum Gasteiger partial charge on any atom is -0.353 e. The standard InChI is InChI=1S/C20H17NO3/c1-2-11-21-18(22)10-8-13-7-9-16-17(12-13)20(24)15-6-4-3-5-14(15)19(16)23/h3-10,12H,2,11H2,1H3,(H,21,22). The van der Waals surface area contributed by atoms with Crippen LogP contribution in [0.5, 0.6) is 0 Å². The monoisotopic (exact) mass is 319 g/mol. The first-order chi connectivity index (χ1) is 11.6. The highest BCUT2D eigenvalue weighted by atomic mass is 16.1. The fourth-order valence-electron chi connectivity index (χ4n) is 2.70. The van der Waals surface area contributed by atoms with E-state index >= 15 is 0 Å². The molecule has 3 rings (SSSR count). The van der Waals surface area contributed by atoms with Crippen molar-refractivity contribution in [3.8, 4) is 0 Å². The summed E-state index contributed by atoms with van der Waals surface area (Å²) in [5.41, 5.74) is 2.37. The Bertz CT molecular complexity index is 865. The van der Waals surface area contributed by atoms with Crippen molar-refractivity contribution in [3.63, 3.8) is 0 Å². The van der Waals surface area contributed by atoms with Gasteiger partial charge < -0.3 is 5.32 Å². The third-order valence-corrected chi connectivity index (χ3v) is 3.93. The number of hydrogen-bond acceptors (Lipinski definition) is 3. The smallest absolute Gasteiger partial charge is 0.243 e. The lowest BCUT2D eigenvalue weighted by molar-refractivity contribution is -0.116. The quantitative estimate of drug-likeness (QED) is 0.752. The number of nitrogens with one attached hydrogen (secondary N) is 1. The third-order valence-electron chi connectivity index (χ3n) is 3.93. The fraction of sp³-hybridized carbons (Fsp3) is 0.150. The van der Waals surface area contributed by atoms with Crippen molar-refractivity contribution in [2.75, 3.05) is 6.54 Å². The lowest BCUT2D eigenvalue weighted by atomic mass is 9.83. The topological polar surface area (TPSA) is 63.2 Å². The molecule has 0 saturated carbocycles. The Labute approximate surface area is 140 Å². The van der Waals surface area contributed by atoms with Crippen molar-refractivity contribution in [2.45, 2.75) is 13.3 Å². The first kappa shape index (κ1) is 15.9. The molecular weight excluding hydrogens is 302 g/mol. The Kier molecular flexibility index (Phi) is 4.38. The normalized spacial score (nSPS) is 12.9. The Morgan fingerprint density at radius 3 is 2.25 bits per heavy atom. The van der Waals surface area contributed by atoms with Crippen LogP contribution in [0.15, 0.2) is 48.5 Å². The highest BCUT2D eigenvalue weighted by molar-refractivity contribution is 6.28. The van der Waals surface area contributed by atoms with Gasteiger partial charge in [0.05, 0.1) is 0 Å². The predicted octanol–water partition coefficient (Wildman–Crippen LogP) is 3.00. The molecule has 1 aliphatic rings. The zero-order valence-electron chi connectivity index (χ0n) is 13.3. The van der Waals surface area contributed by atoms with Crippen molar-refractivity contribution >= 4 is 23.5 Å². The van der Waals surface area contributed by atoms with E-state index in [1.54, 1.807) is 48.5 Å². The molecule has 0 bridgehead atoms. The van der Waals surface area contributed by atoms with Crippen LogP contribution in [0.4, 0.5) is 0 Å². The lowest BCUT2D eigenvalue weighted by Crippen LogP contribution is -2.21. The second kappa shape index (κ2) is 6.62. The van der Waals surface area contributed by atoms with E-state index in [-0.39, 0.29) is 17.5 Å². The molecule has 4 nitrogen and oxygen atoms in total. The van der Waals surface area contributed by atoms with Crippen molar-refractivity contribution in [1.82, 2.24) is 5.32 Å². The molecule has 4 heteroatoms. The highest BCUT2D eigenvalue weighted by Gasteiger charge is 2.29. The summed E-state index contributed by atoms with van der Waals surface area (Å²) in [6, 6.07) is 11.9. The van der Waals surface area contributed by atoms with Crippen LogP contribution in [-0.2, 0) is 4.79 Å². The van der Waals surface area contributed by atoms with Crippen LogP contribution >= 0.6 is 0 Å². The summed E-state index contributed by atoms with van der Waals surface area (Å²) in [7, 11) is 0. The molecule has 0 spiro atoms. The Hall–Kier alpha value is -3.01. The number of rotatable bonds is 4. The number of ketones is 2. The summed E-state index contributed by atoms with van der Waals surface area (Å²) in [6.45, 7) is 2.60. The molecule has 120 valence electrons. The van der Waals surface area contributed by atoms with Gasteiger partial charge in [0.25, 0.3) is 0 Å². The van der Waals surface area contributed by atoms with Gasteiger partial charge >= 0.3 is 0 Å². The van der Waals surface area contributed by atoms with E-state index in [9.17, 15) is 14.4 Å². The summed E-state index contributed by atoms with van der Waals surface area (Å²) in [4.78, 5) is 36.8. The van der Waals surface area contributed by atoms with Gasteiger partial charge in [-0.05, 0) is 30.2 Å². The molecule has 1 amide bonds. The molecule has 2 aromatic rings. The maximum Gasteiger partial charge on any atom is 0.243 e. The Balaban J connectivity index is 1.91. The second-order valence-electron chi connectivity index (χ2n) is 5.63. The average molecular weight is 319 g/mol. The Morgan fingerprint density at radius 1 is 0.958 bits per heavy atom. The molecule has 0 unspecified atom stereocenters. The number of amides is 1. The third kappa shape index (κ3) is 2.91. The first-order valence-corrected chi connectivity index (χ1v) is 7.90. The maximum atomic E-state index is 12.6. The number of carbonyl (C=O) groups is 3. The van der Waals surface area contributed by atoms with Crippen LogP contribution in [-0.4, -0.2) is 24.0 Å². The van der Waals surface area contributed by atoms with E-state index in [0.717, 1.165) is 6.42 Å². The van der Waals surface area contributed by atoms with E-state index in [0.29, 0.717) is 34.4 Å². The van der Waals surface area contributed by atoms with Gasteiger partial charge in [-0.25, -0.2) is 0 Å². The molecule has 0 aliphatic heterocycles. The van der Waals surface area contributed by atoms with Crippen LogP contribution in [0.3, 0.4) is 0 Å². The SMILES string of the molecule is CCCNC(=O)C=Cc1ccc2c(c1)C(=O)c1ccccc1C2=O. The molecule has 1 aliphatic carbocycles. The van der Waals surface area contributed by atoms with Crippen molar-refractivity contribution in [3.05, 3.63) is 76.4 Å². The fourth-order valence-corrected chi connectivity index (χ4v) is 2.70. The molecule has 0 atom stereocenters. The van der Waals surface area contributed by atoms with Crippen LogP contribution in [0.1, 0.15) is 50.8 Å². The van der Waals surface area contributed by atoms with E-state index < -0.39 is 0 Å². The van der Waals surface area contributed by atoms with Gasteiger partial charge in [0, 0.05) is 34.9 Å². The summed E-state index contributed by atoms with van der Waals surface area (Å²) < 4.78 is 0. The molecule has 0 saturated heterocycles. The van der Waals surface area contributed by atoms with Crippen LogP contribution in [0.2, 0.25) is 0 Å². The zero-order chi connectivity index (χ0) is 17.1. The van der Waals surface area contributed by atoms with Gasteiger partial charge in [-0.2, -0.15) is 0 Å². The van der Waals surface area contributed by atoms with Crippen molar-refractivity contribution in [1.29, 1.82) is 0 Å². The van der Waals surface area contributed by atoms with E-state index in [1.807, 2.05) is 6.92 Å². The van der Waals surface area contributed by atoms with Crippen LogP contribution in [0.25, 0.3) is 6.08 Å². The van der Waals surface area contributed by atoms with Crippen molar-refractivity contribution < 1.29 is 14.4 Å². The van der Waals surface area contributed by atoms with E-state index in [4.69, 9.17) is 0 Å². The largest absolute Gasteiger partial charge is 0.353 e. The molecule has 0 fully saturated rings. The number of carbonyl (C=O) groups excluding carboxylic acids is 3. The minimum absolute atomic E-state index is 0.142. The average Bonchev–Trinajstić information content (AvgIpc) is 2.62. The molecule has 2 aromatic carbocycles. The highest BCUT2D eigenvalue weighted by Crippen LogP contribution is 2.28. The molecule has 0 heterocycles. The summed E-state index contributed by atoms with van der Waals surface area (Å²) in [5.74, 6) is -0.482. The van der Waals surface area contributed by atoms with Gasteiger partial charge in [0.2, 0.25) is 5.91 Å². The van der Waals surface area contributed by atoms with Crippen LogP contribution in [0, 0.1) is 0 Å². The Morgan fingerprint density at radius 2 is 1.58 bits per heavy atom. The van der Waals surface area contributed by atoms with Gasteiger partial charge in [-0.1, -0.05) is 37.3 Å². The molecule has 24 heavy (non-hydrogen) atoms. The van der Waals surface area contributed by atoms with Crippen molar-refractivity contribution in [2.24, 2.45) is 0 Å². The molecule has 0 aromatic heterocycles.